The van der Waals surface area contributed by atoms with Gasteiger partial charge in [0, 0.05) is 19.1 Å². The van der Waals surface area contributed by atoms with Crippen molar-refractivity contribution in [1.29, 1.82) is 0 Å². The lowest BCUT2D eigenvalue weighted by Gasteiger charge is -2.31. The molecule has 0 aromatic carbocycles. The molecule has 0 atom stereocenters. The number of halogens is 1. The lowest BCUT2D eigenvalue weighted by molar-refractivity contribution is 0.0912. The Kier molecular flexibility index (Phi) is 4.61. The molecule has 1 amide bonds. The van der Waals surface area contributed by atoms with Gasteiger partial charge in [-0.25, -0.2) is 4.98 Å². The molecule has 1 aliphatic heterocycles. The minimum atomic E-state index is -0.195. The zero-order chi connectivity index (χ0) is 13.8. The first-order chi connectivity index (χ1) is 9.10. The molecule has 104 valence electrons. The molecule has 19 heavy (non-hydrogen) atoms. The number of piperidine rings is 1. The average molecular weight is 283 g/mol. The summed E-state index contributed by atoms with van der Waals surface area (Å²) in [5, 5.41) is 3.19. The van der Waals surface area contributed by atoms with Gasteiger partial charge in [0.2, 0.25) is 0 Å². The van der Waals surface area contributed by atoms with Gasteiger partial charge in [-0.3, -0.25) is 4.79 Å². The summed E-state index contributed by atoms with van der Waals surface area (Å²) in [5.41, 5.74) is 6.41. The molecule has 1 aromatic rings. The molecule has 0 aliphatic carbocycles. The molecule has 2 rings (SSSR count). The topological polar surface area (TPSA) is 71.2 Å². The standard InChI is InChI=1S/C13H19ClN4O/c1-2-18-5-3-10(4-6-18)17-13(19)11-7-9(15)8-16-12(11)14/h7-8,10H,2-6,15H2,1H3,(H,17,19). The number of nitrogens with one attached hydrogen (secondary N) is 1. The van der Waals surface area contributed by atoms with E-state index in [4.69, 9.17) is 17.3 Å². The van der Waals surface area contributed by atoms with Gasteiger partial charge in [-0.1, -0.05) is 18.5 Å². The molecule has 5 nitrogen and oxygen atoms in total. The Labute approximate surface area is 118 Å². The molecule has 0 bridgehead atoms. The molecule has 1 saturated heterocycles. The molecule has 0 radical (unpaired) electrons. The van der Waals surface area contributed by atoms with Crippen LogP contribution in [0.1, 0.15) is 30.1 Å². The van der Waals surface area contributed by atoms with Crippen molar-refractivity contribution in [3.63, 3.8) is 0 Å². The zero-order valence-electron chi connectivity index (χ0n) is 11.0. The second kappa shape index (κ2) is 6.21. The van der Waals surface area contributed by atoms with Crippen molar-refractivity contribution in [3.05, 3.63) is 23.0 Å². The first-order valence-corrected chi connectivity index (χ1v) is 6.92. The van der Waals surface area contributed by atoms with Gasteiger partial charge in [0.15, 0.2) is 0 Å². The number of pyridine rings is 1. The first-order valence-electron chi connectivity index (χ1n) is 6.54. The van der Waals surface area contributed by atoms with E-state index < -0.39 is 0 Å². The van der Waals surface area contributed by atoms with Crippen molar-refractivity contribution in [2.75, 3.05) is 25.4 Å². The predicted molar refractivity (Wildman–Crippen MR) is 76.3 cm³/mol. The molecule has 6 heteroatoms. The van der Waals surface area contributed by atoms with Gasteiger partial charge >= 0.3 is 0 Å². The van der Waals surface area contributed by atoms with Crippen LogP contribution in [-0.4, -0.2) is 41.5 Å². The maximum atomic E-state index is 12.1. The number of rotatable bonds is 3. The SMILES string of the molecule is CCN1CCC(NC(=O)c2cc(N)cnc2Cl)CC1. The number of amides is 1. The Bertz CT molecular complexity index is 458. The van der Waals surface area contributed by atoms with Crippen LogP contribution in [-0.2, 0) is 0 Å². The smallest absolute Gasteiger partial charge is 0.254 e. The molecule has 2 heterocycles. The number of aromatic nitrogens is 1. The number of hydrogen-bond donors (Lipinski definition) is 2. The van der Waals surface area contributed by atoms with E-state index in [9.17, 15) is 4.79 Å². The first kappa shape index (κ1) is 14.1. The van der Waals surface area contributed by atoms with Crippen LogP contribution in [0.5, 0.6) is 0 Å². The van der Waals surface area contributed by atoms with Crippen molar-refractivity contribution in [2.45, 2.75) is 25.8 Å². The van der Waals surface area contributed by atoms with Crippen LogP contribution in [0.15, 0.2) is 12.3 Å². The van der Waals surface area contributed by atoms with Crippen LogP contribution in [0, 0.1) is 0 Å². The fourth-order valence-corrected chi connectivity index (χ4v) is 2.47. The summed E-state index contributed by atoms with van der Waals surface area (Å²) in [4.78, 5) is 18.4. The minimum Gasteiger partial charge on any atom is -0.397 e. The van der Waals surface area contributed by atoms with Crippen LogP contribution >= 0.6 is 11.6 Å². The summed E-state index contributed by atoms with van der Waals surface area (Å²) in [7, 11) is 0. The van der Waals surface area contributed by atoms with Crippen LogP contribution < -0.4 is 11.1 Å². The van der Waals surface area contributed by atoms with Gasteiger partial charge in [-0.05, 0) is 25.5 Å². The van der Waals surface area contributed by atoms with Crippen LogP contribution in [0.25, 0.3) is 0 Å². The summed E-state index contributed by atoms with van der Waals surface area (Å²) in [6, 6.07) is 1.76. The van der Waals surface area contributed by atoms with Gasteiger partial charge in [0.25, 0.3) is 5.91 Å². The fraction of sp³-hybridized carbons (Fsp3) is 0.538. The van der Waals surface area contributed by atoms with Crippen molar-refractivity contribution in [1.82, 2.24) is 15.2 Å². The number of carbonyl (C=O) groups is 1. The lowest BCUT2D eigenvalue weighted by Crippen LogP contribution is -2.44. The second-order valence-electron chi connectivity index (χ2n) is 4.79. The van der Waals surface area contributed by atoms with Gasteiger partial charge in [0.1, 0.15) is 5.15 Å². The van der Waals surface area contributed by atoms with E-state index in [1.165, 1.54) is 6.20 Å². The molecule has 0 saturated carbocycles. The van der Waals surface area contributed by atoms with Crippen molar-refractivity contribution < 1.29 is 4.79 Å². The number of anilines is 1. The van der Waals surface area contributed by atoms with Crippen LogP contribution in [0.4, 0.5) is 5.69 Å². The monoisotopic (exact) mass is 282 g/mol. The maximum Gasteiger partial charge on any atom is 0.254 e. The number of nitrogen functional groups attached to an aromatic ring is 1. The van der Waals surface area contributed by atoms with Gasteiger partial charge in [-0.15, -0.1) is 0 Å². The van der Waals surface area contributed by atoms with E-state index in [2.05, 4.69) is 22.1 Å². The number of hydrogen-bond acceptors (Lipinski definition) is 4. The molecule has 0 spiro atoms. The molecule has 0 unspecified atom stereocenters. The highest BCUT2D eigenvalue weighted by Gasteiger charge is 2.21. The number of likely N-dealkylation sites (tertiary alicyclic amines) is 1. The Morgan fingerprint density at radius 2 is 2.26 bits per heavy atom. The summed E-state index contributed by atoms with van der Waals surface area (Å²) >= 11 is 5.92. The van der Waals surface area contributed by atoms with Crippen LogP contribution in [0.2, 0.25) is 5.15 Å². The van der Waals surface area contributed by atoms with E-state index in [1.54, 1.807) is 6.07 Å². The Hall–Kier alpha value is -1.33. The van der Waals surface area contributed by atoms with E-state index in [-0.39, 0.29) is 17.1 Å². The van der Waals surface area contributed by atoms with Crippen LogP contribution in [0.3, 0.4) is 0 Å². The largest absolute Gasteiger partial charge is 0.397 e. The number of carbonyl (C=O) groups excluding carboxylic acids is 1. The molecular formula is C13H19ClN4O. The highest BCUT2D eigenvalue weighted by Crippen LogP contribution is 2.17. The average Bonchev–Trinajstić information content (AvgIpc) is 2.42. The Morgan fingerprint density at radius 1 is 1.58 bits per heavy atom. The number of nitrogens with two attached hydrogens (primary N) is 1. The van der Waals surface area contributed by atoms with Crippen molar-refractivity contribution in [2.24, 2.45) is 0 Å². The lowest BCUT2D eigenvalue weighted by atomic mass is 10.0. The fourth-order valence-electron chi connectivity index (χ4n) is 2.28. The maximum absolute atomic E-state index is 12.1. The zero-order valence-corrected chi connectivity index (χ0v) is 11.8. The summed E-state index contributed by atoms with van der Waals surface area (Å²) < 4.78 is 0. The second-order valence-corrected chi connectivity index (χ2v) is 5.15. The minimum absolute atomic E-state index is 0.192. The summed E-state index contributed by atoms with van der Waals surface area (Å²) in [5.74, 6) is -0.195. The Morgan fingerprint density at radius 3 is 2.89 bits per heavy atom. The summed E-state index contributed by atoms with van der Waals surface area (Å²) in [6.45, 7) is 5.25. The van der Waals surface area contributed by atoms with Gasteiger partial charge < -0.3 is 16.0 Å². The van der Waals surface area contributed by atoms with E-state index in [1.807, 2.05) is 0 Å². The third-order valence-electron chi connectivity index (χ3n) is 3.47. The quantitative estimate of drug-likeness (QED) is 0.825. The predicted octanol–water partition coefficient (Wildman–Crippen LogP) is 1.53. The highest BCUT2D eigenvalue weighted by atomic mass is 35.5. The molecule has 1 aliphatic rings. The summed E-state index contributed by atoms with van der Waals surface area (Å²) in [6.07, 6.45) is 3.37. The highest BCUT2D eigenvalue weighted by molar-refractivity contribution is 6.32. The third-order valence-corrected chi connectivity index (χ3v) is 3.78. The molecular weight excluding hydrogens is 264 g/mol. The van der Waals surface area contributed by atoms with E-state index in [0.29, 0.717) is 11.3 Å². The number of nitrogens with zero attached hydrogens (tertiary/aromatic N) is 2. The molecule has 1 fully saturated rings. The van der Waals surface area contributed by atoms with Crippen molar-refractivity contribution >= 4 is 23.2 Å². The van der Waals surface area contributed by atoms with Crippen molar-refractivity contribution in [3.8, 4) is 0 Å². The molecule has 1 aromatic heterocycles. The third kappa shape index (κ3) is 3.58. The van der Waals surface area contributed by atoms with E-state index >= 15 is 0 Å². The van der Waals surface area contributed by atoms with Gasteiger partial charge in [-0.2, -0.15) is 0 Å². The van der Waals surface area contributed by atoms with Gasteiger partial charge in [0.05, 0.1) is 17.4 Å². The Balaban J connectivity index is 1.96. The van der Waals surface area contributed by atoms with E-state index in [0.717, 1.165) is 32.5 Å². The normalized spacial score (nSPS) is 17.4. The molecule has 3 N–H and O–H groups in total.